The number of halogens is 3. The van der Waals surface area contributed by atoms with Crippen molar-refractivity contribution in [3.8, 4) is 11.8 Å². The van der Waals surface area contributed by atoms with Crippen LogP contribution in [-0.4, -0.2) is 35.8 Å². The molecule has 1 amide bonds. The van der Waals surface area contributed by atoms with Crippen LogP contribution in [0.1, 0.15) is 81.4 Å². The Kier molecular flexibility index (Phi) is 12.5. The van der Waals surface area contributed by atoms with E-state index in [1.165, 1.54) is 38.5 Å². The number of nitrogens with zero attached hydrogens (tertiary/aromatic N) is 1. The van der Waals surface area contributed by atoms with Crippen molar-refractivity contribution >= 4 is 21.7 Å². The predicted octanol–water partition coefficient (Wildman–Crippen LogP) is 6.48. The molecule has 0 heterocycles. The Morgan fingerprint density at radius 2 is 1.46 bits per heavy atom. The van der Waals surface area contributed by atoms with E-state index in [-0.39, 0.29) is 18.7 Å². The van der Waals surface area contributed by atoms with Crippen LogP contribution >= 0.6 is 0 Å². The van der Waals surface area contributed by atoms with E-state index in [4.69, 9.17) is 0 Å². The molecule has 0 unspecified atom stereocenters. The van der Waals surface area contributed by atoms with E-state index in [1.807, 2.05) is 6.07 Å². The summed E-state index contributed by atoms with van der Waals surface area (Å²) in [5.74, 6) is 3.35. The Hall–Kier alpha value is -3.32. The topological polar surface area (TPSA) is 91.8 Å². The predicted molar refractivity (Wildman–Crippen MR) is 142 cm³/mol. The number of carbonyl (C=O) groups is 2. The highest BCUT2D eigenvalue weighted by atomic mass is 32.2. The van der Waals surface area contributed by atoms with Gasteiger partial charge in [0.1, 0.15) is 0 Å². The monoisotopic (exact) mass is 565 g/mol. The van der Waals surface area contributed by atoms with E-state index < -0.39 is 32.1 Å². The van der Waals surface area contributed by atoms with Crippen LogP contribution < -0.4 is 0 Å². The van der Waals surface area contributed by atoms with Crippen LogP contribution in [0.4, 0.5) is 13.2 Å². The number of carboxylic acid groups (broad SMARTS) is 1. The Balaban J connectivity index is 2.02. The maximum absolute atomic E-state index is 12.8. The molecule has 0 radical (unpaired) electrons. The molecule has 2 aromatic rings. The lowest BCUT2D eigenvalue weighted by Crippen LogP contribution is -2.35. The van der Waals surface area contributed by atoms with Crippen molar-refractivity contribution in [2.75, 3.05) is 0 Å². The molecular weight excluding hydrogens is 531 g/mol. The zero-order valence-electron chi connectivity index (χ0n) is 22.0. The summed E-state index contributed by atoms with van der Waals surface area (Å²) in [7, 11) is -5.51. The van der Waals surface area contributed by atoms with E-state index in [1.54, 1.807) is 18.2 Å². The number of carboxylic acids is 1. The van der Waals surface area contributed by atoms with Gasteiger partial charge < -0.3 is 10.0 Å². The van der Waals surface area contributed by atoms with Crippen molar-refractivity contribution in [3.63, 3.8) is 0 Å². The van der Waals surface area contributed by atoms with Gasteiger partial charge in [-0.05, 0) is 41.8 Å². The summed E-state index contributed by atoms with van der Waals surface area (Å²) in [4.78, 5) is 23.8. The lowest BCUT2D eigenvalue weighted by molar-refractivity contribution is -0.156. The lowest BCUT2D eigenvalue weighted by atomic mass is 10.1. The third-order valence-electron chi connectivity index (χ3n) is 6.07. The van der Waals surface area contributed by atoms with Gasteiger partial charge in [0, 0.05) is 25.1 Å². The average molecular weight is 566 g/mol. The van der Waals surface area contributed by atoms with Crippen molar-refractivity contribution in [2.24, 2.45) is 0 Å². The minimum atomic E-state index is -5.51. The Morgan fingerprint density at radius 1 is 0.872 bits per heavy atom. The fourth-order valence-electron chi connectivity index (χ4n) is 3.94. The molecule has 10 heteroatoms. The molecule has 212 valence electrons. The highest BCUT2D eigenvalue weighted by molar-refractivity contribution is 7.92. The third-order valence-corrected chi connectivity index (χ3v) is 7.57. The summed E-state index contributed by atoms with van der Waals surface area (Å²) >= 11 is 0. The zero-order chi connectivity index (χ0) is 28.9. The first-order chi connectivity index (χ1) is 18.5. The number of unbranched alkanes of at least 4 members (excludes halogenated alkanes) is 8. The Bertz CT molecular complexity index is 1260. The molecule has 2 rings (SSSR count). The first-order valence-corrected chi connectivity index (χ1v) is 14.4. The van der Waals surface area contributed by atoms with Crippen molar-refractivity contribution < 1.29 is 36.3 Å². The summed E-state index contributed by atoms with van der Waals surface area (Å²) in [6, 6.07) is 10.8. The molecule has 39 heavy (non-hydrogen) atoms. The maximum Gasteiger partial charge on any atom is 0.501 e. The highest BCUT2D eigenvalue weighted by Crippen LogP contribution is 2.30. The van der Waals surface area contributed by atoms with Crippen LogP contribution in [0.3, 0.4) is 0 Å². The molecule has 0 aliphatic carbocycles. The van der Waals surface area contributed by atoms with E-state index in [0.717, 1.165) is 54.0 Å². The molecule has 0 fully saturated rings. The molecule has 2 aromatic carbocycles. The van der Waals surface area contributed by atoms with Crippen molar-refractivity contribution in [3.05, 3.63) is 65.2 Å². The Morgan fingerprint density at radius 3 is 2.05 bits per heavy atom. The van der Waals surface area contributed by atoms with E-state index in [9.17, 15) is 36.3 Å². The molecule has 0 aromatic heterocycles. The molecule has 6 nitrogen and oxygen atoms in total. The number of hydrogen-bond donors (Lipinski definition) is 1. The maximum atomic E-state index is 12.8. The molecule has 0 spiro atoms. The van der Waals surface area contributed by atoms with Gasteiger partial charge in [-0.15, -0.1) is 0 Å². The number of sulfone groups is 1. The summed E-state index contributed by atoms with van der Waals surface area (Å²) in [5, 5.41) is 9.24. The number of hydrogen-bond acceptors (Lipinski definition) is 4. The van der Waals surface area contributed by atoms with Crippen molar-refractivity contribution in [2.45, 2.75) is 88.2 Å². The largest absolute Gasteiger partial charge is 0.501 e. The van der Waals surface area contributed by atoms with Crippen LogP contribution in [-0.2, 0) is 32.5 Å². The van der Waals surface area contributed by atoms with Gasteiger partial charge in [-0.2, -0.15) is 13.2 Å². The van der Waals surface area contributed by atoms with Gasteiger partial charge in [0.25, 0.3) is 9.84 Å². The van der Waals surface area contributed by atoms with Gasteiger partial charge >= 0.3 is 17.4 Å². The summed E-state index contributed by atoms with van der Waals surface area (Å²) in [6.07, 6.45) is 10.5. The number of aliphatic carboxylic acids is 1. The zero-order valence-corrected chi connectivity index (χ0v) is 22.8. The van der Waals surface area contributed by atoms with Crippen LogP contribution in [0.2, 0.25) is 0 Å². The second kappa shape index (κ2) is 15.3. The highest BCUT2D eigenvalue weighted by Gasteiger charge is 2.46. The minimum Gasteiger partial charge on any atom is -0.474 e. The van der Waals surface area contributed by atoms with E-state index in [0.29, 0.717) is 5.56 Å². The Labute approximate surface area is 228 Å². The number of carbonyl (C=O) groups excluding carboxylic acids is 1. The van der Waals surface area contributed by atoms with Crippen molar-refractivity contribution in [1.82, 2.24) is 4.90 Å². The van der Waals surface area contributed by atoms with Crippen LogP contribution in [0, 0.1) is 11.8 Å². The van der Waals surface area contributed by atoms with Gasteiger partial charge in [0.2, 0.25) is 0 Å². The van der Waals surface area contributed by atoms with Crippen LogP contribution in [0.5, 0.6) is 0 Å². The van der Waals surface area contributed by atoms with Crippen LogP contribution in [0.25, 0.3) is 0 Å². The SMILES string of the molecule is CCCCCCCCCCC#Cc1cccc(CN(Cc2ccc(S(=O)(=O)C(F)(F)F)cc2)C(=O)C(=O)O)c1. The standard InChI is InChI=1S/C29H34F3NO5S/c1-2-3-4-5-6-7-8-9-10-11-13-23-14-12-15-25(20-23)22-33(27(34)28(35)36)21-24-16-18-26(19-17-24)39(37,38)29(30,31)32/h12,14-20H,2-10,21-22H2,1H3,(H,35,36). The van der Waals surface area contributed by atoms with E-state index >= 15 is 0 Å². The third kappa shape index (κ3) is 10.4. The quantitative estimate of drug-likeness (QED) is 0.171. The molecule has 1 N–H and O–H groups in total. The molecule has 0 bridgehead atoms. The van der Waals surface area contributed by atoms with Gasteiger partial charge in [-0.3, -0.25) is 4.79 Å². The van der Waals surface area contributed by atoms with Crippen molar-refractivity contribution in [1.29, 1.82) is 0 Å². The average Bonchev–Trinajstić information content (AvgIpc) is 2.89. The summed E-state index contributed by atoms with van der Waals surface area (Å²) in [5.41, 5.74) is -3.83. The lowest BCUT2D eigenvalue weighted by Gasteiger charge is -2.21. The van der Waals surface area contributed by atoms with Gasteiger partial charge in [0.15, 0.2) is 0 Å². The molecule has 0 aliphatic rings. The second-order valence-corrected chi connectivity index (χ2v) is 11.2. The van der Waals surface area contributed by atoms with Gasteiger partial charge in [-0.25, -0.2) is 13.2 Å². The number of benzene rings is 2. The number of amides is 1. The van der Waals surface area contributed by atoms with Crippen LogP contribution in [0.15, 0.2) is 53.4 Å². The molecule has 0 atom stereocenters. The minimum absolute atomic E-state index is 0.0821. The summed E-state index contributed by atoms with van der Waals surface area (Å²) < 4.78 is 61.5. The molecule has 0 aliphatic heterocycles. The smallest absolute Gasteiger partial charge is 0.474 e. The van der Waals surface area contributed by atoms with Gasteiger partial charge in [-0.1, -0.05) is 88.0 Å². The number of rotatable bonds is 13. The molecular formula is C29H34F3NO5S. The van der Waals surface area contributed by atoms with E-state index in [2.05, 4.69) is 18.8 Å². The second-order valence-electron chi connectivity index (χ2n) is 9.29. The normalized spacial score (nSPS) is 11.5. The number of alkyl halides is 3. The fourth-order valence-corrected chi connectivity index (χ4v) is 4.70. The molecule has 0 saturated carbocycles. The first kappa shape index (κ1) is 31.9. The fraction of sp³-hybridized carbons (Fsp3) is 0.448. The molecule has 0 saturated heterocycles. The van der Waals surface area contributed by atoms with Gasteiger partial charge in [0.05, 0.1) is 4.90 Å². The first-order valence-electron chi connectivity index (χ1n) is 13.0. The summed E-state index contributed by atoms with van der Waals surface area (Å²) in [6.45, 7) is 1.87.